The van der Waals surface area contributed by atoms with Gasteiger partial charge in [0.25, 0.3) is 0 Å². The quantitative estimate of drug-likeness (QED) is 0.710. The van der Waals surface area contributed by atoms with Crippen LogP contribution in [0.2, 0.25) is 0 Å². The molecule has 0 unspecified atom stereocenters. The van der Waals surface area contributed by atoms with E-state index >= 15 is 0 Å². The molecule has 2 aliphatic rings. The van der Waals surface area contributed by atoms with Crippen molar-refractivity contribution < 1.29 is 14.3 Å². The number of carbonyl (C=O) groups excluding carboxylic acids is 1. The molecule has 2 aliphatic heterocycles. The summed E-state index contributed by atoms with van der Waals surface area (Å²) in [6.07, 6.45) is 6.30. The van der Waals surface area contributed by atoms with Crippen LogP contribution in [0.1, 0.15) is 41.8 Å². The van der Waals surface area contributed by atoms with Crippen LogP contribution >= 0.6 is 0 Å². The van der Waals surface area contributed by atoms with Gasteiger partial charge < -0.3 is 14.4 Å². The lowest BCUT2D eigenvalue weighted by Crippen LogP contribution is -2.57. The third-order valence-corrected chi connectivity index (χ3v) is 6.47. The van der Waals surface area contributed by atoms with Crippen LogP contribution in [-0.4, -0.2) is 52.0 Å². The second kappa shape index (κ2) is 8.74. The van der Waals surface area contributed by atoms with E-state index in [0.717, 1.165) is 48.4 Å². The predicted octanol–water partition coefficient (Wildman–Crippen LogP) is 3.42. The molecule has 1 aromatic heterocycles. The molecule has 30 heavy (non-hydrogen) atoms. The zero-order chi connectivity index (χ0) is 21.1. The first kappa shape index (κ1) is 20.8. The Bertz CT molecular complexity index is 913. The first-order chi connectivity index (χ1) is 14.5. The molecule has 3 heterocycles. The third-order valence-electron chi connectivity index (χ3n) is 6.47. The van der Waals surface area contributed by atoms with E-state index in [4.69, 9.17) is 9.47 Å². The van der Waals surface area contributed by atoms with Crippen molar-refractivity contribution in [1.82, 2.24) is 14.7 Å². The van der Waals surface area contributed by atoms with Gasteiger partial charge in [-0.2, -0.15) is 5.10 Å². The third kappa shape index (κ3) is 4.20. The van der Waals surface area contributed by atoms with Crippen LogP contribution in [0, 0.1) is 13.8 Å². The van der Waals surface area contributed by atoms with E-state index in [1.165, 1.54) is 0 Å². The molecule has 2 aromatic rings. The summed E-state index contributed by atoms with van der Waals surface area (Å²) in [5, 5.41) is 4.42. The fourth-order valence-electron chi connectivity index (χ4n) is 4.58. The fourth-order valence-corrected chi connectivity index (χ4v) is 4.58. The predicted molar refractivity (Wildman–Crippen MR) is 116 cm³/mol. The minimum Gasteiger partial charge on any atom is -0.372 e. The van der Waals surface area contributed by atoms with Gasteiger partial charge in [0, 0.05) is 44.1 Å². The van der Waals surface area contributed by atoms with E-state index < -0.39 is 0 Å². The molecule has 1 spiro atoms. The monoisotopic (exact) mass is 409 g/mol. The van der Waals surface area contributed by atoms with Gasteiger partial charge in [0.05, 0.1) is 17.9 Å². The Balaban J connectivity index is 1.45. The van der Waals surface area contributed by atoms with E-state index in [9.17, 15) is 4.79 Å². The van der Waals surface area contributed by atoms with Crippen LogP contribution < -0.4 is 0 Å². The lowest BCUT2D eigenvalue weighted by atomic mass is 9.85. The number of rotatable bonds is 5. The number of ether oxygens (including phenoxy) is 2. The first-order valence-corrected chi connectivity index (χ1v) is 10.8. The van der Waals surface area contributed by atoms with Crippen molar-refractivity contribution in [1.29, 1.82) is 0 Å². The summed E-state index contributed by atoms with van der Waals surface area (Å²) in [5.41, 5.74) is 3.87. The number of hydrogen-bond donors (Lipinski definition) is 0. The number of aryl methyl sites for hydroxylation is 2. The van der Waals surface area contributed by atoms with E-state index in [1.807, 2.05) is 54.8 Å². The second-order valence-electron chi connectivity index (χ2n) is 8.38. The van der Waals surface area contributed by atoms with Gasteiger partial charge >= 0.3 is 0 Å². The van der Waals surface area contributed by atoms with Crippen molar-refractivity contribution >= 4 is 12.0 Å². The molecule has 1 aromatic carbocycles. The van der Waals surface area contributed by atoms with E-state index in [-0.39, 0.29) is 17.6 Å². The highest BCUT2D eigenvalue weighted by Gasteiger charge is 2.47. The van der Waals surface area contributed by atoms with Gasteiger partial charge in [-0.15, -0.1) is 0 Å². The zero-order valence-corrected chi connectivity index (χ0v) is 18.1. The number of aromatic nitrogens is 2. The fraction of sp³-hybridized carbons (Fsp3) is 0.500. The van der Waals surface area contributed by atoms with Crippen molar-refractivity contribution in [2.24, 2.45) is 7.05 Å². The van der Waals surface area contributed by atoms with E-state index in [2.05, 4.69) is 17.2 Å². The molecule has 1 amide bonds. The number of benzene rings is 1. The standard InChI is InChI=1S/C24H31N3O3/c1-18-21(19(2)26(3)25-18)10-11-23(28)27-14-13-24(12-7-15-30-24)22(16-27)29-17-20-8-5-4-6-9-20/h4-6,8-11,22H,7,12-17H2,1-3H3/b11-10+/t22-,24+/m1/s1. The maximum absolute atomic E-state index is 12.9. The van der Waals surface area contributed by atoms with Gasteiger partial charge in [-0.1, -0.05) is 30.3 Å². The van der Waals surface area contributed by atoms with Crippen LogP contribution in [-0.2, 0) is 27.9 Å². The summed E-state index contributed by atoms with van der Waals surface area (Å²) in [5.74, 6) is 0.0128. The Hall–Kier alpha value is -2.44. The molecule has 2 atom stereocenters. The van der Waals surface area contributed by atoms with Gasteiger partial charge in [0.2, 0.25) is 5.91 Å². The Morgan fingerprint density at radius 1 is 1.30 bits per heavy atom. The lowest BCUT2D eigenvalue weighted by Gasteiger charge is -2.44. The van der Waals surface area contributed by atoms with Crippen molar-refractivity contribution in [3.05, 3.63) is 58.9 Å². The minimum atomic E-state index is -0.258. The van der Waals surface area contributed by atoms with Crippen molar-refractivity contribution in [3.63, 3.8) is 0 Å². The normalized spacial score (nSPS) is 24.2. The van der Waals surface area contributed by atoms with Gasteiger partial charge in [0.1, 0.15) is 6.10 Å². The molecule has 4 rings (SSSR count). The van der Waals surface area contributed by atoms with Crippen LogP contribution in [0.4, 0.5) is 0 Å². The molecule has 0 saturated carbocycles. The lowest BCUT2D eigenvalue weighted by molar-refractivity contribution is -0.165. The number of amides is 1. The van der Waals surface area contributed by atoms with E-state index in [0.29, 0.717) is 19.7 Å². The molecule has 2 fully saturated rings. The van der Waals surface area contributed by atoms with Crippen molar-refractivity contribution in [3.8, 4) is 0 Å². The van der Waals surface area contributed by atoms with Crippen LogP contribution in [0.3, 0.4) is 0 Å². The highest BCUT2D eigenvalue weighted by Crippen LogP contribution is 2.38. The number of hydrogen-bond acceptors (Lipinski definition) is 4. The maximum Gasteiger partial charge on any atom is 0.246 e. The molecular formula is C24H31N3O3. The van der Waals surface area contributed by atoms with Gasteiger partial charge in [-0.05, 0) is 44.7 Å². The van der Waals surface area contributed by atoms with Crippen molar-refractivity contribution in [2.75, 3.05) is 19.7 Å². The summed E-state index contributed by atoms with van der Waals surface area (Å²) >= 11 is 0. The minimum absolute atomic E-state index is 0.0128. The molecule has 0 radical (unpaired) electrons. The number of piperidine rings is 1. The average Bonchev–Trinajstić information content (AvgIpc) is 3.31. The molecule has 160 valence electrons. The summed E-state index contributed by atoms with van der Waals surface area (Å²) < 4.78 is 14.4. The van der Waals surface area contributed by atoms with Gasteiger partial charge in [0.15, 0.2) is 0 Å². The summed E-state index contributed by atoms with van der Waals surface area (Å²) in [7, 11) is 1.92. The Labute approximate surface area is 178 Å². The highest BCUT2D eigenvalue weighted by atomic mass is 16.6. The zero-order valence-electron chi connectivity index (χ0n) is 18.1. The Morgan fingerprint density at radius 2 is 2.10 bits per heavy atom. The molecule has 2 saturated heterocycles. The second-order valence-corrected chi connectivity index (χ2v) is 8.38. The SMILES string of the molecule is Cc1nn(C)c(C)c1/C=C/C(=O)N1CC[C@@]2(CCCO2)[C@H](OCc2ccccc2)C1. The molecule has 6 heteroatoms. The van der Waals surface area contributed by atoms with Gasteiger partial charge in [-0.3, -0.25) is 9.48 Å². The Kier molecular flexibility index (Phi) is 6.06. The number of carbonyl (C=O) groups is 1. The summed E-state index contributed by atoms with van der Waals surface area (Å²) in [6.45, 7) is 6.54. The van der Waals surface area contributed by atoms with Crippen LogP contribution in [0.25, 0.3) is 6.08 Å². The van der Waals surface area contributed by atoms with Gasteiger partial charge in [-0.25, -0.2) is 0 Å². The molecule has 0 bridgehead atoms. The first-order valence-electron chi connectivity index (χ1n) is 10.8. The largest absolute Gasteiger partial charge is 0.372 e. The molecule has 6 nitrogen and oxygen atoms in total. The van der Waals surface area contributed by atoms with Crippen LogP contribution in [0.5, 0.6) is 0 Å². The summed E-state index contributed by atoms with van der Waals surface area (Å²) in [6, 6.07) is 10.2. The molecular weight excluding hydrogens is 378 g/mol. The molecule has 0 N–H and O–H groups in total. The van der Waals surface area contributed by atoms with Crippen molar-refractivity contribution in [2.45, 2.75) is 51.4 Å². The maximum atomic E-state index is 12.9. The summed E-state index contributed by atoms with van der Waals surface area (Å²) in [4.78, 5) is 14.8. The molecule has 0 aliphatic carbocycles. The van der Waals surface area contributed by atoms with Crippen LogP contribution in [0.15, 0.2) is 36.4 Å². The smallest absolute Gasteiger partial charge is 0.246 e. The number of nitrogens with zero attached hydrogens (tertiary/aromatic N) is 3. The topological polar surface area (TPSA) is 56.6 Å². The van der Waals surface area contributed by atoms with E-state index in [1.54, 1.807) is 6.08 Å². The highest BCUT2D eigenvalue weighted by molar-refractivity contribution is 5.92. The average molecular weight is 410 g/mol. The Morgan fingerprint density at radius 3 is 2.77 bits per heavy atom. The number of likely N-dealkylation sites (tertiary alicyclic amines) is 1.